The number of benzene rings is 3. The number of hydrogen-bond donors (Lipinski definition) is 0. The second kappa shape index (κ2) is 2.75. The molecule has 3 aromatic carbocycles. The molecule has 1 aromatic heterocycles. The Balaban J connectivity index is 2.16. The van der Waals surface area contributed by atoms with Crippen molar-refractivity contribution in [2.24, 2.45) is 0 Å². The summed E-state index contributed by atoms with van der Waals surface area (Å²) in [6.45, 7) is 1.06. The van der Waals surface area contributed by atoms with Crippen LogP contribution in [0, 0.1) is 0 Å². The van der Waals surface area contributed by atoms with Crippen LogP contribution < -0.4 is 0 Å². The van der Waals surface area contributed by atoms with E-state index in [2.05, 4.69) is 59.2 Å². The average molecular weight is 229 g/mol. The van der Waals surface area contributed by atoms with Crippen LogP contribution in [0.2, 0.25) is 0 Å². The highest BCUT2D eigenvalue weighted by Crippen LogP contribution is 2.41. The van der Waals surface area contributed by atoms with Crippen molar-refractivity contribution >= 4 is 32.6 Å². The van der Waals surface area contributed by atoms with E-state index in [9.17, 15) is 0 Å². The number of fused-ring (bicyclic) bond motifs is 5. The normalized spacial score (nSPS) is 13.3. The Kier molecular flexibility index (Phi) is 1.34. The van der Waals surface area contributed by atoms with Crippen LogP contribution in [-0.2, 0) is 6.54 Å². The molecule has 1 aliphatic heterocycles. The SMILES string of the molecule is c1ccc2c3c4c(cc2c1)c1ccccc1n4C3. The summed E-state index contributed by atoms with van der Waals surface area (Å²) in [4.78, 5) is 0. The van der Waals surface area contributed by atoms with Crippen LogP contribution in [0.4, 0.5) is 0 Å². The summed E-state index contributed by atoms with van der Waals surface area (Å²) in [7, 11) is 0. The number of hydrogen-bond acceptors (Lipinski definition) is 0. The molecule has 0 saturated carbocycles. The van der Waals surface area contributed by atoms with E-state index in [4.69, 9.17) is 0 Å². The summed E-state index contributed by atoms with van der Waals surface area (Å²) < 4.78 is 2.44. The first-order valence-corrected chi connectivity index (χ1v) is 6.35. The van der Waals surface area contributed by atoms with Gasteiger partial charge in [-0.1, -0.05) is 42.5 Å². The van der Waals surface area contributed by atoms with E-state index in [1.165, 1.54) is 38.1 Å². The minimum absolute atomic E-state index is 1.06. The van der Waals surface area contributed by atoms with Crippen molar-refractivity contribution < 1.29 is 0 Å². The Hall–Kier alpha value is -2.28. The first-order chi connectivity index (χ1) is 8.93. The van der Waals surface area contributed by atoms with E-state index < -0.39 is 0 Å². The molecule has 0 spiro atoms. The molecule has 0 aliphatic carbocycles. The number of aromatic nitrogens is 1. The molecular weight excluding hydrogens is 218 g/mol. The molecule has 1 aliphatic rings. The van der Waals surface area contributed by atoms with Crippen LogP contribution in [0.25, 0.3) is 32.6 Å². The number of para-hydroxylation sites is 1. The van der Waals surface area contributed by atoms with Gasteiger partial charge in [-0.05, 0) is 22.9 Å². The smallest absolute Gasteiger partial charge is 0.0551 e. The zero-order valence-corrected chi connectivity index (χ0v) is 9.85. The third-order valence-electron chi connectivity index (χ3n) is 4.20. The second-order valence-corrected chi connectivity index (χ2v) is 5.08. The van der Waals surface area contributed by atoms with E-state index in [0.29, 0.717) is 0 Å². The van der Waals surface area contributed by atoms with Crippen molar-refractivity contribution in [3.05, 3.63) is 60.2 Å². The molecule has 0 fully saturated rings. The Morgan fingerprint density at radius 3 is 2.50 bits per heavy atom. The fourth-order valence-corrected chi connectivity index (χ4v) is 3.37. The highest BCUT2D eigenvalue weighted by Gasteiger charge is 2.23. The van der Waals surface area contributed by atoms with Gasteiger partial charge < -0.3 is 4.57 Å². The Labute approximate surface area is 104 Å². The topological polar surface area (TPSA) is 4.93 Å². The summed E-state index contributed by atoms with van der Waals surface area (Å²) >= 11 is 0. The quantitative estimate of drug-likeness (QED) is 0.373. The number of rotatable bonds is 0. The van der Waals surface area contributed by atoms with Crippen molar-refractivity contribution in [2.75, 3.05) is 0 Å². The van der Waals surface area contributed by atoms with Crippen LogP contribution in [0.3, 0.4) is 0 Å². The highest BCUT2D eigenvalue weighted by atomic mass is 15.0. The Morgan fingerprint density at radius 1 is 0.778 bits per heavy atom. The second-order valence-electron chi connectivity index (χ2n) is 5.08. The third-order valence-corrected chi connectivity index (χ3v) is 4.20. The predicted octanol–water partition coefficient (Wildman–Crippen LogP) is 4.31. The van der Waals surface area contributed by atoms with Gasteiger partial charge in [-0.2, -0.15) is 0 Å². The van der Waals surface area contributed by atoms with Gasteiger partial charge in [0.05, 0.1) is 12.1 Å². The van der Waals surface area contributed by atoms with Crippen LogP contribution in [0.1, 0.15) is 5.56 Å². The summed E-state index contributed by atoms with van der Waals surface area (Å²) in [5.74, 6) is 0. The van der Waals surface area contributed by atoms with Gasteiger partial charge in [-0.25, -0.2) is 0 Å². The van der Waals surface area contributed by atoms with Crippen molar-refractivity contribution in [1.82, 2.24) is 4.57 Å². The monoisotopic (exact) mass is 229 g/mol. The minimum Gasteiger partial charge on any atom is -0.336 e. The lowest BCUT2D eigenvalue weighted by Gasteiger charge is -2.21. The molecule has 4 aromatic rings. The standard InChI is InChI=1S/C17H11N/c1-2-6-12-11(5-1)9-14-13-7-3-4-8-16(13)18-10-15(12)17(14)18/h1-9H,10H2. The molecule has 18 heavy (non-hydrogen) atoms. The van der Waals surface area contributed by atoms with Crippen molar-refractivity contribution in [3.63, 3.8) is 0 Å². The van der Waals surface area contributed by atoms with Crippen LogP contribution in [-0.4, -0.2) is 4.57 Å². The average Bonchev–Trinajstić information content (AvgIpc) is 2.65. The van der Waals surface area contributed by atoms with Crippen LogP contribution in [0.15, 0.2) is 54.6 Å². The number of nitrogens with zero attached hydrogens (tertiary/aromatic N) is 1. The first-order valence-electron chi connectivity index (χ1n) is 6.35. The summed E-state index contributed by atoms with van der Waals surface area (Å²) in [5.41, 5.74) is 4.32. The Morgan fingerprint density at radius 2 is 1.56 bits per heavy atom. The van der Waals surface area contributed by atoms with Gasteiger partial charge in [0.25, 0.3) is 0 Å². The minimum atomic E-state index is 1.06. The molecule has 0 unspecified atom stereocenters. The maximum Gasteiger partial charge on any atom is 0.0551 e. The van der Waals surface area contributed by atoms with Gasteiger partial charge in [-0.3, -0.25) is 0 Å². The predicted molar refractivity (Wildman–Crippen MR) is 76.1 cm³/mol. The van der Waals surface area contributed by atoms with Gasteiger partial charge in [0.1, 0.15) is 0 Å². The molecule has 0 bridgehead atoms. The fourth-order valence-electron chi connectivity index (χ4n) is 3.37. The van der Waals surface area contributed by atoms with Gasteiger partial charge >= 0.3 is 0 Å². The lowest BCUT2D eigenvalue weighted by Crippen LogP contribution is -2.11. The van der Waals surface area contributed by atoms with Crippen LogP contribution >= 0.6 is 0 Å². The van der Waals surface area contributed by atoms with Gasteiger partial charge in [0.2, 0.25) is 0 Å². The summed E-state index contributed by atoms with van der Waals surface area (Å²) in [6, 6.07) is 19.8. The molecule has 0 saturated heterocycles. The van der Waals surface area contributed by atoms with Gasteiger partial charge in [0.15, 0.2) is 0 Å². The lowest BCUT2D eigenvalue weighted by atomic mass is 9.97. The molecular formula is C17H11N. The summed E-state index contributed by atoms with van der Waals surface area (Å²) in [5, 5.41) is 5.57. The molecule has 1 nitrogen and oxygen atoms in total. The molecule has 0 amide bonds. The lowest BCUT2D eigenvalue weighted by molar-refractivity contribution is 0.813. The van der Waals surface area contributed by atoms with Crippen molar-refractivity contribution in [2.45, 2.75) is 6.54 Å². The molecule has 2 heterocycles. The zero-order chi connectivity index (χ0) is 11.7. The van der Waals surface area contributed by atoms with Gasteiger partial charge in [-0.15, -0.1) is 0 Å². The largest absolute Gasteiger partial charge is 0.336 e. The molecule has 84 valence electrons. The van der Waals surface area contributed by atoms with E-state index in [-0.39, 0.29) is 0 Å². The molecule has 0 atom stereocenters. The van der Waals surface area contributed by atoms with E-state index in [1.807, 2.05) is 0 Å². The summed E-state index contributed by atoms with van der Waals surface area (Å²) in [6.07, 6.45) is 0. The van der Waals surface area contributed by atoms with Gasteiger partial charge in [0, 0.05) is 21.9 Å². The molecule has 1 heteroatoms. The zero-order valence-electron chi connectivity index (χ0n) is 9.85. The Bertz CT molecular complexity index is 938. The molecule has 0 radical (unpaired) electrons. The maximum absolute atomic E-state index is 2.44. The van der Waals surface area contributed by atoms with Crippen molar-refractivity contribution in [1.29, 1.82) is 0 Å². The maximum atomic E-state index is 2.44. The third kappa shape index (κ3) is 0.830. The first kappa shape index (κ1) is 8.76. The highest BCUT2D eigenvalue weighted by molar-refractivity contribution is 6.16. The van der Waals surface area contributed by atoms with E-state index in [0.717, 1.165) is 6.54 Å². The van der Waals surface area contributed by atoms with Crippen molar-refractivity contribution in [3.8, 4) is 0 Å². The molecule has 0 N–H and O–H groups in total. The molecule has 5 rings (SSSR count). The fraction of sp³-hybridized carbons (Fsp3) is 0.0588. The van der Waals surface area contributed by atoms with Crippen LogP contribution in [0.5, 0.6) is 0 Å². The van der Waals surface area contributed by atoms with E-state index >= 15 is 0 Å². The van der Waals surface area contributed by atoms with E-state index in [1.54, 1.807) is 0 Å².